The monoisotopic (exact) mass is 225 g/mol. The van der Waals surface area contributed by atoms with E-state index in [2.05, 4.69) is 10.4 Å². The standard InChI is InChI=1S/C11H19N3O2/c1-10(2,11(3,4)16)13-9(15)8-14-7-5-6-12-14/h5-7,16H,8H2,1-4H3,(H,13,15). The lowest BCUT2D eigenvalue weighted by molar-refractivity contribution is -0.126. The van der Waals surface area contributed by atoms with Gasteiger partial charge in [-0.3, -0.25) is 9.48 Å². The van der Waals surface area contributed by atoms with Crippen molar-refractivity contribution in [3.63, 3.8) is 0 Å². The third kappa shape index (κ3) is 3.06. The summed E-state index contributed by atoms with van der Waals surface area (Å²) in [6, 6.07) is 1.76. The van der Waals surface area contributed by atoms with Gasteiger partial charge in [0.2, 0.25) is 5.91 Å². The van der Waals surface area contributed by atoms with Crippen molar-refractivity contribution in [3.8, 4) is 0 Å². The lowest BCUT2D eigenvalue weighted by atomic mass is 9.86. The highest BCUT2D eigenvalue weighted by molar-refractivity contribution is 5.76. The molecule has 1 aromatic heterocycles. The number of rotatable bonds is 4. The number of amides is 1. The first-order valence-electron chi connectivity index (χ1n) is 5.23. The Labute approximate surface area is 95.5 Å². The highest BCUT2D eigenvalue weighted by atomic mass is 16.3. The van der Waals surface area contributed by atoms with Crippen LogP contribution in [0.3, 0.4) is 0 Å². The zero-order valence-electron chi connectivity index (χ0n) is 10.2. The Morgan fingerprint density at radius 1 is 1.44 bits per heavy atom. The minimum atomic E-state index is -0.979. The van der Waals surface area contributed by atoms with Crippen LogP contribution < -0.4 is 5.32 Å². The molecule has 0 saturated heterocycles. The maximum Gasteiger partial charge on any atom is 0.242 e. The molecule has 1 heterocycles. The normalized spacial score (nSPS) is 12.6. The second kappa shape index (κ2) is 4.25. The van der Waals surface area contributed by atoms with Crippen molar-refractivity contribution in [3.05, 3.63) is 18.5 Å². The molecule has 0 aromatic carbocycles. The van der Waals surface area contributed by atoms with Gasteiger partial charge < -0.3 is 10.4 Å². The first-order chi connectivity index (χ1) is 7.22. The summed E-state index contributed by atoms with van der Waals surface area (Å²) in [4.78, 5) is 11.7. The average molecular weight is 225 g/mol. The SMILES string of the molecule is CC(C)(O)C(C)(C)NC(=O)Cn1cccn1. The molecule has 0 saturated carbocycles. The van der Waals surface area contributed by atoms with E-state index in [9.17, 15) is 9.90 Å². The predicted octanol–water partition coefficient (Wildman–Crippen LogP) is 0.549. The zero-order chi connectivity index (χ0) is 12.4. The van der Waals surface area contributed by atoms with Crippen LogP contribution in [0.1, 0.15) is 27.7 Å². The van der Waals surface area contributed by atoms with E-state index >= 15 is 0 Å². The van der Waals surface area contributed by atoms with Gasteiger partial charge in [0, 0.05) is 12.4 Å². The molecule has 5 heteroatoms. The van der Waals surface area contributed by atoms with Crippen LogP contribution in [-0.4, -0.2) is 31.9 Å². The third-order valence-corrected chi connectivity index (χ3v) is 2.85. The molecule has 0 spiro atoms. The van der Waals surface area contributed by atoms with E-state index in [0.717, 1.165) is 0 Å². The highest BCUT2D eigenvalue weighted by Gasteiger charge is 2.36. The molecule has 90 valence electrons. The summed E-state index contributed by atoms with van der Waals surface area (Å²) >= 11 is 0. The summed E-state index contributed by atoms with van der Waals surface area (Å²) in [7, 11) is 0. The average Bonchev–Trinajstić information content (AvgIpc) is 2.52. The summed E-state index contributed by atoms with van der Waals surface area (Å²) in [5.74, 6) is -0.171. The molecule has 0 fully saturated rings. The zero-order valence-corrected chi connectivity index (χ0v) is 10.2. The van der Waals surface area contributed by atoms with Crippen LogP contribution in [-0.2, 0) is 11.3 Å². The summed E-state index contributed by atoms with van der Waals surface area (Å²) in [6.07, 6.45) is 3.34. The van der Waals surface area contributed by atoms with E-state index in [1.807, 2.05) is 0 Å². The minimum Gasteiger partial charge on any atom is -0.388 e. The Morgan fingerprint density at radius 3 is 2.50 bits per heavy atom. The number of hydrogen-bond donors (Lipinski definition) is 2. The van der Waals surface area contributed by atoms with Gasteiger partial charge >= 0.3 is 0 Å². The Balaban J connectivity index is 2.58. The molecular formula is C11H19N3O2. The van der Waals surface area contributed by atoms with Crippen LogP contribution in [0.25, 0.3) is 0 Å². The van der Waals surface area contributed by atoms with Gasteiger partial charge in [-0.1, -0.05) is 0 Å². The lowest BCUT2D eigenvalue weighted by Gasteiger charge is -2.37. The summed E-state index contributed by atoms with van der Waals surface area (Å²) in [6.45, 7) is 7.07. The van der Waals surface area contributed by atoms with Gasteiger partial charge in [-0.15, -0.1) is 0 Å². The summed E-state index contributed by atoms with van der Waals surface area (Å²) in [5, 5.41) is 16.6. The van der Waals surface area contributed by atoms with Crippen molar-refractivity contribution in [2.45, 2.75) is 45.4 Å². The number of aromatic nitrogens is 2. The Hall–Kier alpha value is -1.36. The second-order valence-corrected chi connectivity index (χ2v) is 4.94. The fourth-order valence-electron chi connectivity index (χ4n) is 1.08. The fraction of sp³-hybridized carbons (Fsp3) is 0.636. The van der Waals surface area contributed by atoms with Gasteiger partial charge in [0.25, 0.3) is 0 Å². The quantitative estimate of drug-likeness (QED) is 0.786. The third-order valence-electron chi connectivity index (χ3n) is 2.85. The molecule has 1 amide bonds. The van der Waals surface area contributed by atoms with Crippen LogP contribution in [0, 0.1) is 0 Å². The molecule has 16 heavy (non-hydrogen) atoms. The van der Waals surface area contributed by atoms with E-state index in [-0.39, 0.29) is 12.5 Å². The van der Waals surface area contributed by atoms with Crippen molar-refractivity contribution in [2.75, 3.05) is 0 Å². The van der Waals surface area contributed by atoms with Crippen molar-refractivity contribution in [1.29, 1.82) is 0 Å². The summed E-state index contributed by atoms with van der Waals surface area (Å²) in [5.41, 5.74) is -1.66. The Morgan fingerprint density at radius 2 is 2.06 bits per heavy atom. The van der Waals surface area contributed by atoms with E-state index in [1.165, 1.54) is 4.68 Å². The molecule has 0 aliphatic carbocycles. The molecule has 0 unspecified atom stereocenters. The van der Waals surface area contributed by atoms with Crippen LogP contribution in [0.5, 0.6) is 0 Å². The molecule has 1 aromatic rings. The number of hydrogen-bond acceptors (Lipinski definition) is 3. The lowest BCUT2D eigenvalue weighted by Crippen LogP contribution is -2.58. The number of carbonyl (C=O) groups is 1. The molecule has 0 aliphatic heterocycles. The number of carbonyl (C=O) groups excluding carboxylic acids is 1. The van der Waals surface area contributed by atoms with E-state index < -0.39 is 11.1 Å². The minimum absolute atomic E-state index is 0.159. The molecule has 2 N–H and O–H groups in total. The number of nitrogens with one attached hydrogen (secondary N) is 1. The molecule has 0 radical (unpaired) electrons. The van der Waals surface area contributed by atoms with Crippen LogP contribution >= 0.6 is 0 Å². The highest BCUT2D eigenvalue weighted by Crippen LogP contribution is 2.20. The molecule has 0 aliphatic rings. The van der Waals surface area contributed by atoms with Gasteiger partial charge in [0.15, 0.2) is 0 Å². The number of aliphatic hydroxyl groups is 1. The molecular weight excluding hydrogens is 206 g/mol. The van der Waals surface area contributed by atoms with Gasteiger partial charge in [0.1, 0.15) is 6.54 Å². The van der Waals surface area contributed by atoms with Crippen LogP contribution in [0.4, 0.5) is 0 Å². The van der Waals surface area contributed by atoms with Crippen molar-refractivity contribution in [2.24, 2.45) is 0 Å². The van der Waals surface area contributed by atoms with Crippen LogP contribution in [0.2, 0.25) is 0 Å². The largest absolute Gasteiger partial charge is 0.388 e. The van der Waals surface area contributed by atoms with Gasteiger partial charge in [0.05, 0.1) is 11.1 Å². The van der Waals surface area contributed by atoms with E-state index in [0.29, 0.717) is 0 Å². The molecule has 0 bridgehead atoms. The maximum absolute atomic E-state index is 11.7. The van der Waals surface area contributed by atoms with Crippen molar-refractivity contribution in [1.82, 2.24) is 15.1 Å². The van der Waals surface area contributed by atoms with E-state index in [4.69, 9.17) is 0 Å². The van der Waals surface area contributed by atoms with Gasteiger partial charge in [-0.2, -0.15) is 5.10 Å². The van der Waals surface area contributed by atoms with Crippen molar-refractivity contribution < 1.29 is 9.90 Å². The molecule has 5 nitrogen and oxygen atoms in total. The van der Waals surface area contributed by atoms with Crippen LogP contribution in [0.15, 0.2) is 18.5 Å². The van der Waals surface area contributed by atoms with E-state index in [1.54, 1.807) is 46.2 Å². The maximum atomic E-state index is 11.7. The first kappa shape index (κ1) is 12.7. The fourth-order valence-corrected chi connectivity index (χ4v) is 1.08. The predicted molar refractivity (Wildman–Crippen MR) is 60.7 cm³/mol. The smallest absolute Gasteiger partial charge is 0.242 e. The van der Waals surface area contributed by atoms with Gasteiger partial charge in [-0.25, -0.2) is 0 Å². The Bertz CT molecular complexity index is 350. The molecule has 0 atom stereocenters. The summed E-state index contributed by atoms with van der Waals surface area (Å²) < 4.78 is 1.54. The van der Waals surface area contributed by atoms with Crippen molar-refractivity contribution >= 4 is 5.91 Å². The van der Waals surface area contributed by atoms with Gasteiger partial charge in [-0.05, 0) is 33.8 Å². The Kier molecular flexibility index (Phi) is 3.38. The first-order valence-corrected chi connectivity index (χ1v) is 5.23. The molecule has 1 rings (SSSR count). The second-order valence-electron chi connectivity index (χ2n) is 4.94. The number of nitrogens with zero attached hydrogens (tertiary/aromatic N) is 2. The topological polar surface area (TPSA) is 67.2 Å².